The van der Waals surface area contributed by atoms with Crippen LogP contribution in [0.25, 0.3) is 0 Å². The van der Waals surface area contributed by atoms with E-state index in [2.05, 4.69) is 0 Å². The summed E-state index contributed by atoms with van der Waals surface area (Å²) in [6, 6.07) is 1.69. The van der Waals surface area contributed by atoms with Crippen LogP contribution in [0.2, 0.25) is 0 Å². The molecule has 1 heterocycles. The molecule has 0 amide bonds. The molecule has 1 N–H and O–H groups in total. The summed E-state index contributed by atoms with van der Waals surface area (Å²) in [7, 11) is -3.42. The molecule has 0 spiro atoms. The van der Waals surface area contributed by atoms with Gasteiger partial charge in [0.15, 0.2) is 0 Å². The van der Waals surface area contributed by atoms with Crippen molar-refractivity contribution in [3.05, 3.63) is 16.5 Å². The largest absolute Gasteiger partial charge is 0.395 e. The highest BCUT2D eigenvalue weighted by molar-refractivity contribution is 7.91. The molecule has 0 aliphatic heterocycles. The zero-order valence-corrected chi connectivity index (χ0v) is 11.4. The van der Waals surface area contributed by atoms with Gasteiger partial charge in [0.05, 0.1) is 6.61 Å². The first kappa shape index (κ1) is 13.6. The lowest BCUT2D eigenvalue weighted by molar-refractivity contribution is 0.257. The van der Waals surface area contributed by atoms with Crippen LogP contribution in [-0.4, -0.2) is 37.5 Å². The van der Waals surface area contributed by atoms with E-state index in [1.54, 1.807) is 13.0 Å². The fraction of sp³-hybridized carbons (Fsp3) is 0.600. The second-order valence-corrected chi connectivity index (χ2v) is 6.95. The first-order valence-corrected chi connectivity index (χ1v) is 7.37. The second-order valence-electron chi connectivity index (χ2n) is 3.52. The van der Waals surface area contributed by atoms with Crippen molar-refractivity contribution in [1.82, 2.24) is 4.31 Å². The lowest BCUT2D eigenvalue weighted by Crippen LogP contribution is -2.32. The van der Waals surface area contributed by atoms with Gasteiger partial charge < -0.3 is 5.11 Å². The van der Waals surface area contributed by atoms with E-state index >= 15 is 0 Å². The Morgan fingerprint density at radius 3 is 2.44 bits per heavy atom. The Bertz CT molecular complexity index is 431. The van der Waals surface area contributed by atoms with Crippen molar-refractivity contribution < 1.29 is 13.5 Å². The van der Waals surface area contributed by atoms with Gasteiger partial charge in [-0.15, -0.1) is 11.3 Å². The predicted octanol–water partition coefficient (Wildman–Crippen LogP) is 1.37. The van der Waals surface area contributed by atoms with Crippen molar-refractivity contribution >= 4 is 21.4 Å². The Kier molecular flexibility index (Phi) is 4.49. The Hall–Kier alpha value is -0.430. The minimum absolute atomic E-state index is 0.148. The van der Waals surface area contributed by atoms with Gasteiger partial charge in [-0.3, -0.25) is 0 Å². The predicted molar refractivity (Wildman–Crippen MR) is 65.3 cm³/mol. The lowest BCUT2D eigenvalue weighted by Gasteiger charge is -2.17. The number of hydrogen-bond donors (Lipinski definition) is 1. The van der Waals surface area contributed by atoms with E-state index in [0.29, 0.717) is 10.8 Å². The van der Waals surface area contributed by atoms with E-state index in [-0.39, 0.29) is 13.2 Å². The molecule has 0 fully saturated rings. The number of likely N-dealkylation sites (N-methyl/N-ethyl adjacent to an activating group) is 1. The summed E-state index contributed by atoms with van der Waals surface area (Å²) in [4.78, 5) is 1.01. The highest BCUT2D eigenvalue weighted by Crippen LogP contribution is 2.27. The Balaban J connectivity index is 3.09. The maximum atomic E-state index is 12.1. The van der Waals surface area contributed by atoms with Crippen LogP contribution in [0, 0.1) is 13.8 Å². The summed E-state index contributed by atoms with van der Waals surface area (Å²) >= 11 is 1.28. The van der Waals surface area contributed by atoms with Crippen molar-refractivity contribution in [3.63, 3.8) is 0 Å². The van der Waals surface area contributed by atoms with Gasteiger partial charge >= 0.3 is 0 Å². The molecule has 0 aliphatic carbocycles. The van der Waals surface area contributed by atoms with E-state index in [1.165, 1.54) is 15.6 Å². The number of hydrogen-bond acceptors (Lipinski definition) is 4. The zero-order valence-electron chi connectivity index (χ0n) is 9.73. The van der Waals surface area contributed by atoms with Gasteiger partial charge in [-0.2, -0.15) is 4.31 Å². The van der Waals surface area contributed by atoms with Gasteiger partial charge in [-0.05, 0) is 25.5 Å². The maximum Gasteiger partial charge on any atom is 0.252 e. The maximum absolute atomic E-state index is 12.1. The van der Waals surface area contributed by atoms with Crippen LogP contribution in [-0.2, 0) is 10.0 Å². The average molecular weight is 263 g/mol. The molecule has 92 valence electrons. The average Bonchev–Trinajstić information content (AvgIpc) is 2.56. The summed E-state index contributed by atoms with van der Waals surface area (Å²) in [5.41, 5.74) is 0.989. The number of aryl methyl sites for hydroxylation is 2. The number of sulfonamides is 1. The van der Waals surface area contributed by atoms with Gasteiger partial charge in [0, 0.05) is 18.0 Å². The second kappa shape index (κ2) is 5.27. The Morgan fingerprint density at radius 1 is 1.44 bits per heavy atom. The molecule has 0 radical (unpaired) electrons. The topological polar surface area (TPSA) is 57.6 Å². The van der Waals surface area contributed by atoms with Crippen molar-refractivity contribution in [2.75, 3.05) is 19.7 Å². The van der Waals surface area contributed by atoms with Crippen LogP contribution in [0.3, 0.4) is 0 Å². The molecule has 0 unspecified atom stereocenters. The highest BCUT2D eigenvalue weighted by atomic mass is 32.2. The first-order chi connectivity index (χ1) is 7.43. The van der Waals surface area contributed by atoms with E-state index in [4.69, 9.17) is 5.11 Å². The van der Waals surface area contributed by atoms with Crippen molar-refractivity contribution in [2.24, 2.45) is 0 Å². The SMILES string of the molecule is CCN(CCO)S(=O)(=O)c1cc(C)c(C)s1. The molecule has 0 aromatic carbocycles. The first-order valence-electron chi connectivity index (χ1n) is 5.11. The molecular formula is C10H17NO3S2. The third kappa shape index (κ3) is 2.63. The summed E-state index contributed by atoms with van der Waals surface area (Å²) in [5, 5.41) is 8.84. The summed E-state index contributed by atoms with van der Waals surface area (Å²) < 4.78 is 25.9. The molecule has 6 heteroatoms. The molecular weight excluding hydrogens is 246 g/mol. The summed E-state index contributed by atoms with van der Waals surface area (Å²) in [6.45, 7) is 5.93. The van der Waals surface area contributed by atoms with Crippen molar-refractivity contribution in [1.29, 1.82) is 0 Å². The summed E-state index contributed by atoms with van der Waals surface area (Å²) in [5.74, 6) is 0. The number of rotatable bonds is 5. The number of nitrogens with zero attached hydrogens (tertiary/aromatic N) is 1. The number of thiophene rings is 1. The van der Waals surface area contributed by atoms with Crippen LogP contribution in [0.1, 0.15) is 17.4 Å². The molecule has 0 saturated heterocycles. The molecule has 0 bridgehead atoms. The molecule has 1 rings (SSSR count). The molecule has 4 nitrogen and oxygen atoms in total. The van der Waals surface area contributed by atoms with Crippen molar-refractivity contribution in [2.45, 2.75) is 25.0 Å². The van der Waals surface area contributed by atoms with Crippen LogP contribution in [0.15, 0.2) is 10.3 Å². The summed E-state index contributed by atoms with van der Waals surface area (Å²) in [6.07, 6.45) is 0. The minimum Gasteiger partial charge on any atom is -0.395 e. The van der Waals surface area contributed by atoms with Gasteiger partial charge in [0.1, 0.15) is 4.21 Å². The molecule has 1 aromatic heterocycles. The third-order valence-corrected chi connectivity index (χ3v) is 6.02. The molecule has 0 aliphatic rings. The molecule has 0 saturated carbocycles. The number of aliphatic hydroxyl groups excluding tert-OH is 1. The van der Waals surface area contributed by atoms with E-state index in [9.17, 15) is 8.42 Å². The fourth-order valence-electron chi connectivity index (χ4n) is 1.35. The highest BCUT2D eigenvalue weighted by Gasteiger charge is 2.24. The van der Waals surface area contributed by atoms with Crippen LogP contribution >= 0.6 is 11.3 Å². The lowest BCUT2D eigenvalue weighted by atomic mass is 10.3. The molecule has 1 aromatic rings. The standard InChI is InChI=1S/C10H17NO3S2/c1-4-11(5-6-12)16(13,14)10-7-8(2)9(3)15-10/h7,12H,4-6H2,1-3H3. The van der Waals surface area contributed by atoms with E-state index in [0.717, 1.165) is 10.4 Å². The number of aliphatic hydroxyl groups is 1. The fourth-order valence-corrected chi connectivity index (χ4v) is 4.47. The van der Waals surface area contributed by atoms with Gasteiger partial charge in [-0.25, -0.2) is 8.42 Å². The minimum atomic E-state index is -3.42. The Labute approximate surface area is 101 Å². The molecule has 16 heavy (non-hydrogen) atoms. The van der Waals surface area contributed by atoms with Crippen molar-refractivity contribution in [3.8, 4) is 0 Å². The normalized spacial score (nSPS) is 12.3. The van der Waals surface area contributed by atoms with E-state index < -0.39 is 10.0 Å². The monoisotopic (exact) mass is 263 g/mol. The quantitative estimate of drug-likeness (QED) is 0.873. The molecule has 0 atom stereocenters. The third-order valence-electron chi connectivity index (χ3n) is 2.44. The Morgan fingerprint density at radius 2 is 2.06 bits per heavy atom. The van der Waals surface area contributed by atoms with E-state index in [1.807, 2.05) is 13.8 Å². The van der Waals surface area contributed by atoms with Gasteiger partial charge in [0.2, 0.25) is 0 Å². The smallest absolute Gasteiger partial charge is 0.252 e. The van der Waals surface area contributed by atoms with Crippen LogP contribution in [0.5, 0.6) is 0 Å². The van der Waals surface area contributed by atoms with Crippen LogP contribution < -0.4 is 0 Å². The van der Waals surface area contributed by atoms with Crippen LogP contribution in [0.4, 0.5) is 0 Å². The zero-order chi connectivity index (χ0) is 12.3. The van der Waals surface area contributed by atoms with Gasteiger partial charge in [0.25, 0.3) is 10.0 Å². The van der Waals surface area contributed by atoms with Gasteiger partial charge in [-0.1, -0.05) is 6.92 Å².